The average Bonchev–Trinajstić information content (AvgIpc) is 2.84. The van der Waals surface area contributed by atoms with Crippen LogP contribution in [-0.2, 0) is 20.7 Å². The molecule has 2 rings (SSSR count). The second-order valence-corrected chi connectivity index (χ2v) is 4.29. The van der Waals surface area contributed by atoms with Gasteiger partial charge in [0.25, 0.3) is 0 Å². The molecule has 19 heavy (non-hydrogen) atoms. The molecule has 0 aliphatic rings. The molecule has 1 unspecified atom stereocenters. The lowest BCUT2D eigenvalue weighted by Gasteiger charge is -2.15. The maximum absolute atomic E-state index is 11.5. The number of fused-ring (bicyclic) bond motifs is 1. The molecule has 1 atom stereocenters. The van der Waals surface area contributed by atoms with Crippen LogP contribution in [0.25, 0.3) is 10.9 Å². The number of nitrogens with zero attached hydrogens (tertiary/aromatic N) is 1. The number of methoxy groups -OCH3 is 1. The SMILES string of the molecule is COC(=O)C(CC(=O)[O-])Cc1ccc2[nH]ncc2c1. The second kappa shape index (κ2) is 5.51. The second-order valence-electron chi connectivity index (χ2n) is 4.29. The van der Waals surface area contributed by atoms with Gasteiger partial charge in [-0.05, 0) is 24.1 Å². The molecule has 0 fully saturated rings. The fourth-order valence-electron chi connectivity index (χ4n) is 2.01. The molecule has 2 aromatic rings. The third kappa shape index (κ3) is 3.09. The summed E-state index contributed by atoms with van der Waals surface area (Å²) in [6, 6.07) is 5.53. The smallest absolute Gasteiger partial charge is 0.309 e. The predicted octanol–water partition coefficient (Wildman–Crippen LogP) is 0.0346. The molecular formula is C13H13N2O4-. The first-order valence-electron chi connectivity index (χ1n) is 5.80. The van der Waals surface area contributed by atoms with E-state index in [9.17, 15) is 14.7 Å². The number of carbonyl (C=O) groups excluding carboxylic acids is 2. The van der Waals surface area contributed by atoms with Gasteiger partial charge in [-0.2, -0.15) is 5.10 Å². The van der Waals surface area contributed by atoms with Gasteiger partial charge >= 0.3 is 5.97 Å². The highest BCUT2D eigenvalue weighted by atomic mass is 16.5. The molecular weight excluding hydrogens is 248 g/mol. The van der Waals surface area contributed by atoms with E-state index in [0.29, 0.717) is 6.42 Å². The van der Waals surface area contributed by atoms with Crippen LogP contribution in [0.5, 0.6) is 0 Å². The van der Waals surface area contributed by atoms with Gasteiger partial charge in [0.2, 0.25) is 0 Å². The minimum absolute atomic E-state index is 0.293. The summed E-state index contributed by atoms with van der Waals surface area (Å²) in [5.41, 5.74) is 1.74. The van der Waals surface area contributed by atoms with Crippen molar-refractivity contribution in [3.8, 4) is 0 Å². The standard InChI is InChI=1S/C13H14N2O4/c1-19-13(18)9(6-12(16)17)4-8-2-3-11-10(5-8)7-14-15-11/h2-3,5,7,9H,4,6H2,1H3,(H,14,15)(H,16,17)/p-1. The van der Waals surface area contributed by atoms with Crippen LogP contribution in [0, 0.1) is 5.92 Å². The minimum atomic E-state index is -1.26. The zero-order valence-electron chi connectivity index (χ0n) is 10.4. The lowest BCUT2D eigenvalue weighted by molar-refractivity contribution is -0.306. The number of esters is 1. The highest BCUT2D eigenvalue weighted by Crippen LogP contribution is 2.18. The van der Waals surface area contributed by atoms with Crippen LogP contribution in [0.4, 0.5) is 0 Å². The number of carboxylic acid groups (broad SMARTS) is 1. The van der Waals surface area contributed by atoms with Crippen molar-refractivity contribution >= 4 is 22.8 Å². The summed E-state index contributed by atoms with van der Waals surface area (Å²) in [4.78, 5) is 22.2. The highest BCUT2D eigenvalue weighted by molar-refractivity contribution is 5.80. The lowest BCUT2D eigenvalue weighted by Crippen LogP contribution is -2.30. The molecule has 1 N–H and O–H groups in total. The van der Waals surface area contributed by atoms with Crippen molar-refractivity contribution < 1.29 is 19.4 Å². The Hall–Kier alpha value is -2.37. The van der Waals surface area contributed by atoms with Crippen molar-refractivity contribution in [2.24, 2.45) is 5.92 Å². The number of aliphatic carboxylic acids is 1. The van der Waals surface area contributed by atoms with Crippen LogP contribution >= 0.6 is 0 Å². The van der Waals surface area contributed by atoms with E-state index in [1.165, 1.54) is 7.11 Å². The summed E-state index contributed by atoms with van der Waals surface area (Å²) >= 11 is 0. The molecule has 0 amide bonds. The number of carboxylic acids is 1. The number of aromatic amines is 1. The quantitative estimate of drug-likeness (QED) is 0.766. The first kappa shape index (κ1) is 13.1. The fourth-order valence-corrected chi connectivity index (χ4v) is 2.01. The Morgan fingerprint density at radius 2 is 2.26 bits per heavy atom. The normalized spacial score (nSPS) is 12.3. The first-order chi connectivity index (χ1) is 9.10. The maximum Gasteiger partial charge on any atom is 0.309 e. The van der Waals surface area contributed by atoms with Gasteiger partial charge in [-0.15, -0.1) is 0 Å². The van der Waals surface area contributed by atoms with Crippen molar-refractivity contribution in [3.05, 3.63) is 30.0 Å². The van der Waals surface area contributed by atoms with Gasteiger partial charge in [0.15, 0.2) is 0 Å². The van der Waals surface area contributed by atoms with E-state index in [-0.39, 0.29) is 6.42 Å². The third-order valence-corrected chi connectivity index (χ3v) is 2.93. The van der Waals surface area contributed by atoms with Gasteiger partial charge in [0, 0.05) is 17.8 Å². The summed E-state index contributed by atoms with van der Waals surface area (Å²) in [7, 11) is 1.24. The molecule has 6 nitrogen and oxygen atoms in total. The Balaban J connectivity index is 2.19. The van der Waals surface area contributed by atoms with Gasteiger partial charge in [0.05, 0.1) is 24.7 Å². The molecule has 0 aliphatic heterocycles. The topological polar surface area (TPSA) is 95.1 Å². The summed E-state index contributed by atoms with van der Waals surface area (Å²) in [5.74, 6) is -2.55. The molecule has 1 aromatic carbocycles. The van der Waals surface area contributed by atoms with Gasteiger partial charge < -0.3 is 14.6 Å². The van der Waals surface area contributed by atoms with E-state index in [4.69, 9.17) is 0 Å². The number of ether oxygens (including phenoxy) is 1. The molecule has 0 aliphatic carbocycles. The number of aromatic nitrogens is 2. The molecule has 1 aromatic heterocycles. The number of H-pyrrole nitrogens is 1. The number of carbonyl (C=O) groups is 2. The Bertz CT molecular complexity index is 605. The minimum Gasteiger partial charge on any atom is -0.550 e. The van der Waals surface area contributed by atoms with Gasteiger partial charge in [0.1, 0.15) is 0 Å². The van der Waals surface area contributed by atoms with E-state index in [0.717, 1.165) is 16.5 Å². The zero-order chi connectivity index (χ0) is 13.8. The summed E-state index contributed by atoms with van der Waals surface area (Å²) in [5, 5.41) is 18.3. The Kier molecular flexibility index (Phi) is 3.79. The van der Waals surface area contributed by atoms with Crippen molar-refractivity contribution in [1.82, 2.24) is 10.2 Å². The first-order valence-corrected chi connectivity index (χ1v) is 5.80. The largest absolute Gasteiger partial charge is 0.550 e. The highest BCUT2D eigenvalue weighted by Gasteiger charge is 2.20. The number of nitrogens with one attached hydrogen (secondary N) is 1. The fraction of sp³-hybridized carbons (Fsp3) is 0.308. The monoisotopic (exact) mass is 261 g/mol. The lowest BCUT2D eigenvalue weighted by atomic mass is 9.95. The molecule has 6 heteroatoms. The van der Waals surface area contributed by atoms with E-state index in [2.05, 4.69) is 14.9 Å². The molecule has 0 spiro atoms. The van der Waals surface area contributed by atoms with Crippen LogP contribution in [-0.4, -0.2) is 29.2 Å². The zero-order valence-corrected chi connectivity index (χ0v) is 10.4. The van der Waals surface area contributed by atoms with E-state index >= 15 is 0 Å². The van der Waals surface area contributed by atoms with E-state index in [1.54, 1.807) is 6.20 Å². The summed E-state index contributed by atoms with van der Waals surface area (Å²) < 4.78 is 4.61. The van der Waals surface area contributed by atoms with Crippen LogP contribution in [0.3, 0.4) is 0 Å². The molecule has 1 heterocycles. The number of benzene rings is 1. The Labute approximate surface area is 109 Å². The number of hydrogen-bond donors (Lipinski definition) is 1. The van der Waals surface area contributed by atoms with Crippen molar-refractivity contribution in [2.75, 3.05) is 7.11 Å². The number of hydrogen-bond acceptors (Lipinski definition) is 5. The van der Waals surface area contributed by atoms with E-state index < -0.39 is 17.9 Å². The van der Waals surface area contributed by atoms with Crippen molar-refractivity contribution in [2.45, 2.75) is 12.8 Å². The molecule has 100 valence electrons. The van der Waals surface area contributed by atoms with Crippen LogP contribution in [0.15, 0.2) is 24.4 Å². The van der Waals surface area contributed by atoms with E-state index in [1.807, 2.05) is 18.2 Å². The third-order valence-electron chi connectivity index (χ3n) is 2.93. The van der Waals surface area contributed by atoms with Crippen LogP contribution in [0.1, 0.15) is 12.0 Å². The van der Waals surface area contributed by atoms with Crippen molar-refractivity contribution in [1.29, 1.82) is 0 Å². The average molecular weight is 261 g/mol. The van der Waals surface area contributed by atoms with Gasteiger partial charge in [-0.25, -0.2) is 0 Å². The maximum atomic E-state index is 11.5. The van der Waals surface area contributed by atoms with Crippen LogP contribution in [0.2, 0.25) is 0 Å². The van der Waals surface area contributed by atoms with Crippen molar-refractivity contribution in [3.63, 3.8) is 0 Å². The molecule has 0 radical (unpaired) electrons. The molecule has 0 bridgehead atoms. The number of rotatable bonds is 5. The Morgan fingerprint density at radius 1 is 1.47 bits per heavy atom. The van der Waals surface area contributed by atoms with Gasteiger partial charge in [-0.3, -0.25) is 9.89 Å². The Morgan fingerprint density at radius 3 is 2.95 bits per heavy atom. The molecule has 0 saturated heterocycles. The summed E-state index contributed by atoms with van der Waals surface area (Å²) in [6.07, 6.45) is 1.61. The van der Waals surface area contributed by atoms with Crippen LogP contribution < -0.4 is 5.11 Å². The molecule has 0 saturated carbocycles. The predicted molar refractivity (Wildman–Crippen MR) is 64.9 cm³/mol. The van der Waals surface area contributed by atoms with Gasteiger partial charge in [-0.1, -0.05) is 6.07 Å². The summed E-state index contributed by atoms with van der Waals surface area (Å²) in [6.45, 7) is 0.